The van der Waals surface area contributed by atoms with E-state index in [4.69, 9.17) is 42.5 Å². The Balaban J connectivity index is 1.06. The Bertz CT molecular complexity index is 3600. The van der Waals surface area contributed by atoms with Crippen molar-refractivity contribution >= 4 is 25.2 Å². The molecule has 0 aliphatic carbocycles. The van der Waals surface area contributed by atoms with Crippen molar-refractivity contribution in [2.75, 3.05) is 35.0 Å². The molecule has 4 heterocycles. The Morgan fingerprint density at radius 2 is 1.04 bits per heavy atom. The van der Waals surface area contributed by atoms with Crippen LogP contribution in [-0.2, 0) is 29.7 Å². The molecule has 0 bridgehead atoms. The van der Waals surface area contributed by atoms with E-state index in [0.29, 0.717) is 34.1 Å². The monoisotopic (exact) mass is 1050 g/mol. The lowest BCUT2D eigenvalue weighted by Crippen LogP contribution is -2.38. The number of halogens is 1. The third-order valence-electron chi connectivity index (χ3n) is 14.1. The van der Waals surface area contributed by atoms with E-state index in [1.807, 2.05) is 162 Å². The minimum absolute atomic E-state index is 0.0380. The van der Waals surface area contributed by atoms with Crippen molar-refractivity contribution in [3.8, 4) is 28.7 Å². The topological polar surface area (TPSA) is 148 Å². The van der Waals surface area contributed by atoms with E-state index >= 15 is 4.39 Å². The highest BCUT2D eigenvalue weighted by Crippen LogP contribution is 2.47. The molecule has 0 saturated carbocycles. The molecule has 0 N–H and O–H groups in total. The van der Waals surface area contributed by atoms with Crippen molar-refractivity contribution in [1.82, 2.24) is 23.5 Å². The molecular formula is C60H52FN5O10P+. The maximum absolute atomic E-state index is 17.9. The zero-order valence-electron chi connectivity index (χ0n) is 42.3. The number of fused-ring (bicyclic) bond motifs is 2. The Morgan fingerprint density at radius 1 is 0.584 bits per heavy atom. The number of imidazole rings is 2. The van der Waals surface area contributed by atoms with Crippen molar-refractivity contribution in [2.45, 2.75) is 35.7 Å². The van der Waals surface area contributed by atoms with Crippen molar-refractivity contribution in [2.24, 2.45) is 0 Å². The second-order valence-corrected chi connectivity index (χ2v) is 19.0. The molecule has 3 aromatic heterocycles. The molecule has 1 aliphatic rings. The van der Waals surface area contributed by atoms with Crippen LogP contribution in [0.3, 0.4) is 0 Å². The lowest BCUT2D eigenvalue weighted by Gasteiger charge is -2.37. The molecule has 1 aliphatic heterocycles. The van der Waals surface area contributed by atoms with E-state index in [-0.39, 0.29) is 29.3 Å². The summed E-state index contributed by atoms with van der Waals surface area (Å²) in [5.74, 6) is 2.99. The zero-order chi connectivity index (χ0) is 53.1. The second kappa shape index (κ2) is 21.5. The van der Waals surface area contributed by atoms with Gasteiger partial charge in [0, 0.05) is 17.0 Å². The largest absolute Gasteiger partial charge is 0.750 e. The summed E-state index contributed by atoms with van der Waals surface area (Å²) in [6.45, 7) is -0.361. The van der Waals surface area contributed by atoms with Gasteiger partial charge in [-0.3, -0.25) is 13.9 Å². The lowest BCUT2D eigenvalue weighted by molar-refractivity contribution is -0.0885. The molecule has 1 unspecified atom stereocenters. The first-order valence-electron chi connectivity index (χ1n) is 24.7. The van der Waals surface area contributed by atoms with Gasteiger partial charge in [-0.15, -0.1) is 4.52 Å². The van der Waals surface area contributed by atoms with Gasteiger partial charge in [0.15, 0.2) is 35.4 Å². The van der Waals surface area contributed by atoms with Gasteiger partial charge in [-0.05, 0) is 94.0 Å². The van der Waals surface area contributed by atoms with Gasteiger partial charge < -0.3 is 28.4 Å². The van der Waals surface area contributed by atoms with E-state index in [1.54, 1.807) is 71.2 Å². The Labute approximate surface area is 443 Å². The van der Waals surface area contributed by atoms with Crippen LogP contribution < -0.4 is 29.0 Å². The zero-order valence-corrected chi connectivity index (χ0v) is 43.2. The number of rotatable bonds is 19. The number of nitrogens with zero attached hydrogens (tertiary/aromatic N) is 5. The van der Waals surface area contributed by atoms with Gasteiger partial charge in [0.05, 0.1) is 41.4 Å². The summed E-state index contributed by atoms with van der Waals surface area (Å²) in [5.41, 5.74) is 1.57. The van der Waals surface area contributed by atoms with E-state index in [0.717, 1.165) is 22.3 Å². The maximum Gasteiger partial charge on any atom is 0.750 e. The molecule has 0 amide bonds. The molecule has 0 spiro atoms. The third kappa shape index (κ3) is 9.14. The molecule has 388 valence electrons. The van der Waals surface area contributed by atoms with Gasteiger partial charge in [0.2, 0.25) is 5.78 Å². The van der Waals surface area contributed by atoms with E-state index in [9.17, 15) is 9.36 Å². The quantitative estimate of drug-likeness (QED) is 0.0561. The number of aromatic nitrogens is 5. The standard InChI is InChI=1S/C60H52FN5O10P/c1-69-46-28-20-41(21-29-46)59(40-14-8-5-9-15-40,42-22-30-47(70-2)31-23-42)66-37-36-64-56(67)53-55(63-58(64)66)65(39-62-53)57-54(76-77(68)75-50-18-12-7-13-19-50)52(61)51(74-57)38-73-60(43-16-10-6-11-17-43,44-24-32-48(71-3)33-25-44)45-26-34-49(72-4)35-27-45/h5-37,39,51-52,54,57H,38H2,1-4H3/q+1/t51-,52-,54-,57-/m1/s1. The van der Waals surface area contributed by atoms with Crippen LogP contribution in [0, 0.1) is 0 Å². The average Bonchev–Trinajstić information content (AvgIpc) is 4.42. The molecule has 17 heteroatoms. The van der Waals surface area contributed by atoms with Crippen LogP contribution in [0.2, 0.25) is 0 Å². The minimum atomic E-state index is -3.02. The predicted octanol–water partition coefficient (Wildman–Crippen LogP) is 11.1. The van der Waals surface area contributed by atoms with Crippen LogP contribution in [0.1, 0.15) is 39.6 Å². The summed E-state index contributed by atoms with van der Waals surface area (Å²) in [4.78, 5) is 24.7. The van der Waals surface area contributed by atoms with Crippen LogP contribution in [-0.4, -0.2) is 76.9 Å². The highest BCUT2D eigenvalue weighted by atomic mass is 31.1. The fourth-order valence-corrected chi connectivity index (χ4v) is 11.1. The molecule has 77 heavy (non-hydrogen) atoms. The molecule has 11 rings (SSSR count). The SMILES string of the molecule is COc1ccc(C(OC[C@H]2O[C@@H](n3cnc4c(=O)n5ccn(C(c6ccccc6)(c6ccc(OC)cc6)c6ccc(OC)cc6)c5nc43)[C@H](O[P+](=O)Oc3ccccc3)[C@@H]2F)(c2ccccc2)c2ccc(OC)cc2)cc1. The van der Waals surface area contributed by atoms with E-state index < -0.39 is 49.6 Å². The summed E-state index contributed by atoms with van der Waals surface area (Å²) >= 11 is 0. The Morgan fingerprint density at radius 3 is 1.55 bits per heavy atom. The van der Waals surface area contributed by atoms with E-state index in [1.165, 1.54) is 15.3 Å². The summed E-state index contributed by atoms with van der Waals surface area (Å²) in [7, 11) is 3.37. The first-order valence-corrected chi connectivity index (χ1v) is 25.8. The van der Waals surface area contributed by atoms with Gasteiger partial charge in [0.25, 0.3) is 5.56 Å². The molecule has 7 aromatic carbocycles. The fraction of sp³-hybridized carbons (Fsp3) is 0.183. The van der Waals surface area contributed by atoms with Gasteiger partial charge >= 0.3 is 8.25 Å². The number of alkyl halides is 1. The molecule has 1 saturated heterocycles. The summed E-state index contributed by atoms with van der Waals surface area (Å²) < 4.78 is 84.6. The van der Waals surface area contributed by atoms with Gasteiger partial charge in [-0.2, -0.15) is 4.98 Å². The second-order valence-electron chi connectivity index (χ2n) is 18.1. The average molecular weight is 1050 g/mol. The number of hydrogen-bond donors (Lipinski definition) is 0. The summed E-state index contributed by atoms with van der Waals surface area (Å²) in [5, 5.41) is 0. The number of para-hydroxylation sites is 1. The maximum atomic E-state index is 17.9. The Kier molecular flexibility index (Phi) is 14.1. The van der Waals surface area contributed by atoms with Gasteiger partial charge in [-0.25, -0.2) is 18.3 Å². The van der Waals surface area contributed by atoms with Gasteiger partial charge in [-0.1, -0.05) is 127 Å². The molecule has 0 radical (unpaired) electrons. The predicted molar refractivity (Wildman–Crippen MR) is 287 cm³/mol. The third-order valence-corrected chi connectivity index (χ3v) is 14.8. The fourth-order valence-electron chi connectivity index (χ4n) is 10.3. The molecular weight excluding hydrogens is 1000 g/mol. The van der Waals surface area contributed by atoms with Crippen molar-refractivity contribution in [1.29, 1.82) is 0 Å². The lowest BCUT2D eigenvalue weighted by atomic mass is 9.76. The molecule has 10 aromatic rings. The normalized spacial score (nSPS) is 16.8. The van der Waals surface area contributed by atoms with E-state index in [2.05, 4.69) is 4.98 Å². The van der Waals surface area contributed by atoms with Crippen LogP contribution >= 0.6 is 8.25 Å². The van der Waals surface area contributed by atoms with Crippen LogP contribution in [0.4, 0.5) is 4.39 Å². The van der Waals surface area contributed by atoms with Crippen LogP contribution in [0.5, 0.6) is 28.7 Å². The summed E-state index contributed by atoms with van der Waals surface area (Å²) in [6, 6.07) is 58.2. The van der Waals surface area contributed by atoms with Crippen molar-refractivity contribution < 1.29 is 46.4 Å². The Hall–Kier alpha value is -8.66. The molecule has 1 fully saturated rings. The highest BCUT2D eigenvalue weighted by molar-refractivity contribution is 7.33. The van der Waals surface area contributed by atoms with Crippen LogP contribution in [0.15, 0.2) is 212 Å². The smallest absolute Gasteiger partial charge is 0.497 e. The number of benzene rings is 7. The number of methoxy groups -OCH3 is 4. The number of ether oxygens (including phenoxy) is 6. The summed E-state index contributed by atoms with van der Waals surface area (Å²) in [6.07, 6.45) is -1.61. The van der Waals surface area contributed by atoms with Gasteiger partial charge in [0.1, 0.15) is 40.2 Å². The first-order chi connectivity index (χ1) is 37.7. The highest BCUT2D eigenvalue weighted by Gasteiger charge is 2.54. The van der Waals surface area contributed by atoms with Crippen molar-refractivity contribution in [3.63, 3.8) is 0 Å². The molecule has 15 nitrogen and oxygen atoms in total. The minimum Gasteiger partial charge on any atom is -0.497 e. The first kappa shape index (κ1) is 50.5. The molecule has 5 atom stereocenters. The van der Waals surface area contributed by atoms with Crippen molar-refractivity contribution in [3.05, 3.63) is 251 Å². The number of hydrogen-bond acceptors (Lipinski definition) is 12. The van der Waals surface area contributed by atoms with Crippen LogP contribution in [0.25, 0.3) is 16.9 Å².